The Balaban J connectivity index is 1.95. The highest BCUT2D eigenvalue weighted by molar-refractivity contribution is 7.20. The summed E-state index contributed by atoms with van der Waals surface area (Å²) in [5.41, 5.74) is 6.82. The number of amides is 1. The molecule has 0 aromatic carbocycles. The molecule has 0 bridgehead atoms. The number of thiophene rings is 1. The van der Waals surface area contributed by atoms with Gasteiger partial charge in [-0.05, 0) is 25.8 Å². The predicted molar refractivity (Wildman–Crippen MR) is 93.9 cm³/mol. The number of fused-ring (bicyclic) bond motifs is 1. The number of aromatic nitrogens is 3. The summed E-state index contributed by atoms with van der Waals surface area (Å²) >= 11 is 2.89. The molecular formula is C15H17N5OS2. The fourth-order valence-electron chi connectivity index (χ4n) is 2.47. The molecule has 3 aromatic heterocycles. The quantitative estimate of drug-likeness (QED) is 0.756. The molecular weight excluding hydrogens is 330 g/mol. The van der Waals surface area contributed by atoms with Gasteiger partial charge in [0.05, 0.1) is 16.3 Å². The number of thiazole rings is 1. The maximum atomic E-state index is 12.7. The first kappa shape index (κ1) is 15.8. The van der Waals surface area contributed by atoms with Crippen LogP contribution < -0.4 is 11.1 Å². The smallest absolute Gasteiger partial charge is 0.262 e. The minimum absolute atomic E-state index is 0.0859. The van der Waals surface area contributed by atoms with E-state index >= 15 is 0 Å². The summed E-state index contributed by atoms with van der Waals surface area (Å²) in [6.07, 6.45) is 2.53. The Bertz CT molecular complexity index is 857. The molecule has 0 unspecified atom stereocenters. The molecule has 1 amide bonds. The van der Waals surface area contributed by atoms with Gasteiger partial charge in [0, 0.05) is 11.6 Å². The van der Waals surface area contributed by atoms with E-state index in [4.69, 9.17) is 5.73 Å². The zero-order valence-electron chi connectivity index (χ0n) is 13.1. The number of nitrogens with two attached hydrogens (primary N) is 1. The number of hydrogen-bond donors (Lipinski definition) is 2. The lowest BCUT2D eigenvalue weighted by Gasteiger charge is -2.14. The van der Waals surface area contributed by atoms with Gasteiger partial charge in [0.2, 0.25) is 0 Å². The highest BCUT2D eigenvalue weighted by atomic mass is 32.1. The van der Waals surface area contributed by atoms with Crippen LogP contribution in [0.1, 0.15) is 45.5 Å². The van der Waals surface area contributed by atoms with Gasteiger partial charge in [0.25, 0.3) is 5.91 Å². The number of rotatable bonds is 4. The molecule has 6 nitrogen and oxygen atoms in total. The normalized spacial score (nSPS) is 12.5. The third-order valence-electron chi connectivity index (χ3n) is 3.60. The number of carbonyl (C=O) groups is 1. The van der Waals surface area contributed by atoms with Gasteiger partial charge < -0.3 is 11.1 Å². The molecule has 0 radical (unpaired) electrons. The second-order valence-corrected chi connectivity index (χ2v) is 7.12. The summed E-state index contributed by atoms with van der Waals surface area (Å²) in [5.74, 6) is 0.911. The van der Waals surface area contributed by atoms with Gasteiger partial charge in [0.15, 0.2) is 0 Å². The topological polar surface area (TPSA) is 93.8 Å². The van der Waals surface area contributed by atoms with Crippen molar-refractivity contribution in [2.24, 2.45) is 0 Å². The van der Waals surface area contributed by atoms with E-state index in [0.717, 1.165) is 27.2 Å². The SMILES string of the molecule is CC[C@H](NC(=O)c1sc2nc(C)nc(N)c2c1C)c1nccs1. The van der Waals surface area contributed by atoms with Gasteiger partial charge in [-0.3, -0.25) is 4.79 Å². The predicted octanol–water partition coefficient (Wildman–Crippen LogP) is 3.23. The van der Waals surface area contributed by atoms with E-state index in [0.29, 0.717) is 16.5 Å². The summed E-state index contributed by atoms with van der Waals surface area (Å²) in [4.78, 5) is 26.9. The van der Waals surface area contributed by atoms with Crippen molar-refractivity contribution in [3.05, 3.63) is 32.8 Å². The maximum Gasteiger partial charge on any atom is 0.262 e. The summed E-state index contributed by atoms with van der Waals surface area (Å²) in [5, 5.41) is 6.65. The van der Waals surface area contributed by atoms with Crippen molar-refractivity contribution in [1.29, 1.82) is 0 Å². The number of nitrogens with one attached hydrogen (secondary N) is 1. The molecule has 0 saturated heterocycles. The lowest BCUT2D eigenvalue weighted by Crippen LogP contribution is -2.27. The number of anilines is 1. The van der Waals surface area contributed by atoms with Crippen molar-refractivity contribution in [3.63, 3.8) is 0 Å². The third-order valence-corrected chi connectivity index (χ3v) is 5.67. The molecule has 3 rings (SSSR count). The molecule has 3 heterocycles. The molecule has 1 atom stereocenters. The maximum absolute atomic E-state index is 12.7. The van der Waals surface area contributed by atoms with E-state index in [9.17, 15) is 4.79 Å². The Morgan fingerprint density at radius 3 is 2.83 bits per heavy atom. The monoisotopic (exact) mass is 347 g/mol. The van der Waals surface area contributed by atoms with Gasteiger partial charge in [-0.2, -0.15) is 0 Å². The van der Waals surface area contributed by atoms with Crippen LogP contribution in [0.2, 0.25) is 0 Å². The highest BCUT2D eigenvalue weighted by Gasteiger charge is 2.22. The molecule has 3 aromatic rings. The van der Waals surface area contributed by atoms with Crippen molar-refractivity contribution in [2.45, 2.75) is 33.2 Å². The van der Waals surface area contributed by atoms with Crippen LogP contribution in [-0.4, -0.2) is 20.9 Å². The molecule has 120 valence electrons. The van der Waals surface area contributed by atoms with Crippen LogP contribution >= 0.6 is 22.7 Å². The molecule has 23 heavy (non-hydrogen) atoms. The van der Waals surface area contributed by atoms with E-state index in [1.807, 2.05) is 19.2 Å². The molecule has 0 saturated carbocycles. The summed E-state index contributed by atoms with van der Waals surface area (Å²) < 4.78 is 0. The number of carbonyl (C=O) groups excluding carboxylic acids is 1. The number of aryl methyl sites for hydroxylation is 2. The molecule has 0 spiro atoms. The van der Waals surface area contributed by atoms with Gasteiger partial charge in [-0.15, -0.1) is 22.7 Å². The van der Waals surface area contributed by atoms with E-state index in [-0.39, 0.29) is 11.9 Å². The van der Waals surface area contributed by atoms with Crippen LogP contribution in [-0.2, 0) is 0 Å². The van der Waals surface area contributed by atoms with E-state index < -0.39 is 0 Å². The highest BCUT2D eigenvalue weighted by Crippen LogP contribution is 2.33. The first-order chi connectivity index (χ1) is 11.0. The minimum Gasteiger partial charge on any atom is -0.383 e. The van der Waals surface area contributed by atoms with Gasteiger partial charge in [0.1, 0.15) is 21.5 Å². The van der Waals surface area contributed by atoms with Crippen LogP contribution in [0, 0.1) is 13.8 Å². The molecule has 3 N–H and O–H groups in total. The largest absolute Gasteiger partial charge is 0.383 e. The van der Waals surface area contributed by atoms with Gasteiger partial charge >= 0.3 is 0 Å². The van der Waals surface area contributed by atoms with Crippen LogP contribution in [0.4, 0.5) is 5.82 Å². The lowest BCUT2D eigenvalue weighted by molar-refractivity contribution is 0.0939. The fraction of sp³-hybridized carbons (Fsp3) is 0.333. The van der Waals surface area contributed by atoms with Crippen molar-refractivity contribution >= 4 is 44.6 Å². The summed E-state index contributed by atoms with van der Waals surface area (Å²) in [6, 6.07) is -0.0859. The van der Waals surface area contributed by atoms with Crippen molar-refractivity contribution in [1.82, 2.24) is 20.3 Å². The van der Waals surface area contributed by atoms with Crippen LogP contribution in [0.5, 0.6) is 0 Å². The number of nitrogen functional groups attached to an aromatic ring is 1. The standard InChI is InChI=1S/C15H17N5OS2/c1-4-9(14-17-5-6-22-14)20-13(21)11-7(2)10-12(16)18-8(3)19-15(10)23-11/h5-6,9H,4H2,1-3H3,(H,20,21)(H2,16,18,19)/t9-/m0/s1. The average molecular weight is 347 g/mol. The number of hydrogen-bond acceptors (Lipinski definition) is 7. The molecule has 8 heteroatoms. The molecule has 0 fully saturated rings. The van der Waals surface area contributed by atoms with Crippen molar-refractivity contribution in [2.75, 3.05) is 5.73 Å². The first-order valence-electron chi connectivity index (χ1n) is 7.24. The van der Waals surface area contributed by atoms with E-state index in [2.05, 4.69) is 20.3 Å². The Labute approximate surface area is 141 Å². The zero-order chi connectivity index (χ0) is 16.6. The first-order valence-corrected chi connectivity index (χ1v) is 8.94. The zero-order valence-corrected chi connectivity index (χ0v) is 14.7. The van der Waals surface area contributed by atoms with Crippen LogP contribution in [0.3, 0.4) is 0 Å². The fourth-order valence-corrected chi connectivity index (χ4v) is 4.38. The van der Waals surface area contributed by atoms with E-state index in [1.54, 1.807) is 24.5 Å². The molecule has 0 aliphatic carbocycles. The lowest BCUT2D eigenvalue weighted by atomic mass is 10.1. The summed E-state index contributed by atoms with van der Waals surface area (Å²) in [7, 11) is 0. The molecule has 0 aliphatic rings. The minimum atomic E-state index is -0.121. The third kappa shape index (κ3) is 2.91. The Morgan fingerprint density at radius 1 is 1.39 bits per heavy atom. The Hall–Kier alpha value is -2.06. The van der Waals surface area contributed by atoms with Crippen molar-refractivity contribution < 1.29 is 4.79 Å². The summed E-state index contributed by atoms with van der Waals surface area (Å²) in [6.45, 7) is 5.70. The van der Waals surface area contributed by atoms with Gasteiger partial charge in [-0.25, -0.2) is 15.0 Å². The van der Waals surface area contributed by atoms with Gasteiger partial charge in [-0.1, -0.05) is 6.92 Å². The van der Waals surface area contributed by atoms with Crippen molar-refractivity contribution in [3.8, 4) is 0 Å². The molecule has 0 aliphatic heterocycles. The second-order valence-electron chi connectivity index (χ2n) is 5.20. The van der Waals surface area contributed by atoms with Crippen LogP contribution in [0.25, 0.3) is 10.2 Å². The number of nitrogens with zero attached hydrogens (tertiary/aromatic N) is 3. The van der Waals surface area contributed by atoms with E-state index in [1.165, 1.54) is 11.3 Å². The van der Waals surface area contributed by atoms with Crippen LogP contribution in [0.15, 0.2) is 11.6 Å². The second kappa shape index (κ2) is 6.21. The Kier molecular flexibility index (Phi) is 4.27. The Morgan fingerprint density at radius 2 is 2.17 bits per heavy atom. The average Bonchev–Trinajstić information content (AvgIpc) is 3.12.